The Bertz CT molecular complexity index is 328. The Balaban J connectivity index is 3.10. The van der Waals surface area contributed by atoms with Crippen molar-refractivity contribution in [3.05, 3.63) is 34.9 Å². The van der Waals surface area contributed by atoms with Crippen molar-refractivity contribution in [2.24, 2.45) is 0 Å². The van der Waals surface area contributed by atoms with Crippen LogP contribution in [0.25, 0.3) is 0 Å². The van der Waals surface area contributed by atoms with Gasteiger partial charge in [-0.25, -0.2) is 0 Å². The van der Waals surface area contributed by atoms with Gasteiger partial charge in [-0.3, -0.25) is 0 Å². The van der Waals surface area contributed by atoms with Crippen molar-refractivity contribution in [3.8, 4) is 0 Å². The lowest BCUT2D eigenvalue weighted by atomic mass is 10.2. The number of hydrogen-bond acceptors (Lipinski definition) is 1. The average Bonchev–Trinajstić information content (AvgIpc) is 2.02. The molecule has 0 radical (unpaired) electrons. The van der Waals surface area contributed by atoms with E-state index in [-0.39, 0.29) is 5.41 Å². The summed E-state index contributed by atoms with van der Waals surface area (Å²) in [4.78, 5) is 11.9. The molecule has 1 rings (SSSR count). The lowest BCUT2D eigenvalue weighted by Crippen LogP contribution is -2.33. The maximum absolute atomic E-state index is 11.9. The number of carbonyl (C=O) groups excluding carboxylic acids is 1. The summed E-state index contributed by atoms with van der Waals surface area (Å²) in [5, 5.41) is 0.785. The monoisotopic (exact) mass is 212 g/mol. The number of halogens is 1. The standard InChI is InChI=1S/C10H13ClOSi/c1-13(2,3)10(12)8-6-4-5-7-9(8)11/h4-7H,1-3H3. The predicted octanol–water partition coefficient (Wildman–Crippen LogP) is 3.40. The molecule has 0 aromatic heterocycles. The molecule has 0 N–H and O–H groups in total. The molecule has 3 heteroatoms. The first-order valence-electron chi connectivity index (χ1n) is 4.22. The number of benzene rings is 1. The fraction of sp³-hybridized carbons (Fsp3) is 0.300. The summed E-state index contributed by atoms with van der Waals surface area (Å²) in [6.45, 7) is 6.08. The SMILES string of the molecule is C[Si](C)(C)C(=O)c1ccccc1Cl. The minimum absolute atomic E-state index is 0.220. The quantitative estimate of drug-likeness (QED) is 0.687. The molecule has 0 fully saturated rings. The zero-order chi connectivity index (χ0) is 10.1. The molecule has 0 heterocycles. The van der Waals surface area contributed by atoms with Gasteiger partial charge in [0.25, 0.3) is 0 Å². The summed E-state index contributed by atoms with van der Waals surface area (Å²) >= 11 is 5.93. The van der Waals surface area contributed by atoms with Crippen LogP contribution in [0.15, 0.2) is 24.3 Å². The second-order valence-corrected chi connectivity index (χ2v) is 9.42. The second kappa shape index (κ2) is 3.64. The Labute approximate surface area is 84.7 Å². The van der Waals surface area contributed by atoms with Gasteiger partial charge < -0.3 is 4.79 Å². The normalized spacial score (nSPS) is 11.4. The largest absolute Gasteiger partial charge is 0.300 e. The molecule has 1 aromatic rings. The van der Waals surface area contributed by atoms with Gasteiger partial charge in [0.1, 0.15) is 13.5 Å². The maximum atomic E-state index is 11.9. The van der Waals surface area contributed by atoms with E-state index in [9.17, 15) is 4.79 Å². The molecule has 0 aliphatic rings. The third-order valence-corrected chi connectivity index (χ3v) is 3.76. The van der Waals surface area contributed by atoms with Crippen LogP contribution in [0.3, 0.4) is 0 Å². The summed E-state index contributed by atoms with van der Waals surface area (Å²) in [7, 11) is -1.76. The minimum Gasteiger partial charge on any atom is -0.300 e. The topological polar surface area (TPSA) is 17.1 Å². The fourth-order valence-corrected chi connectivity index (χ4v) is 2.38. The van der Waals surface area contributed by atoms with Crippen LogP contribution >= 0.6 is 11.6 Å². The molecular weight excluding hydrogens is 200 g/mol. The van der Waals surface area contributed by atoms with Crippen molar-refractivity contribution in [2.45, 2.75) is 19.6 Å². The third-order valence-electron chi connectivity index (χ3n) is 1.80. The zero-order valence-electron chi connectivity index (χ0n) is 8.10. The summed E-state index contributed by atoms with van der Waals surface area (Å²) in [5.74, 6) is 0. The Hall–Kier alpha value is -0.603. The Kier molecular flexibility index (Phi) is 2.93. The van der Waals surface area contributed by atoms with Crippen LogP contribution in [0.1, 0.15) is 10.4 Å². The highest BCUT2D eigenvalue weighted by atomic mass is 35.5. The van der Waals surface area contributed by atoms with E-state index in [1.54, 1.807) is 12.1 Å². The second-order valence-electron chi connectivity index (χ2n) is 4.06. The Morgan fingerprint density at radius 3 is 2.23 bits per heavy atom. The molecule has 0 saturated heterocycles. The maximum Gasteiger partial charge on any atom is 0.141 e. The average molecular weight is 213 g/mol. The van der Waals surface area contributed by atoms with E-state index >= 15 is 0 Å². The Morgan fingerprint density at radius 2 is 1.77 bits per heavy atom. The molecule has 1 nitrogen and oxygen atoms in total. The first-order valence-corrected chi connectivity index (χ1v) is 8.10. The third kappa shape index (κ3) is 2.42. The van der Waals surface area contributed by atoms with E-state index in [0.717, 1.165) is 0 Å². The molecule has 0 bridgehead atoms. The van der Waals surface area contributed by atoms with E-state index in [1.807, 2.05) is 31.8 Å². The summed E-state index contributed by atoms with van der Waals surface area (Å²) in [6, 6.07) is 7.24. The molecule has 1 aromatic carbocycles. The van der Waals surface area contributed by atoms with E-state index in [4.69, 9.17) is 11.6 Å². The van der Waals surface area contributed by atoms with Crippen molar-refractivity contribution in [1.82, 2.24) is 0 Å². The number of hydrogen-bond donors (Lipinski definition) is 0. The number of rotatable bonds is 2. The van der Waals surface area contributed by atoms with E-state index in [1.165, 1.54) is 0 Å². The van der Waals surface area contributed by atoms with E-state index in [2.05, 4.69) is 0 Å². The molecule has 0 aliphatic carbocycles. The van der Waals surface area contributed by atoms with E-state index in [0.29, 0.717) is 10.6 Å². The lowest BCUT2D eigenvalue weighted by molar-refractivity contribution is 0.106. The smallest absolute Gasteiger partial charge is 0.141 e. The van der Waals surface area contributed by atoms with Gasteiger partial charge in [0.2, 0.25) is 0 Å². The first-order chi connectivity index (χ1) is 5.93. The van der Waals surface area contributed by atoms with Crippen LogP contribution < -0.4 is 0 Å². The lowest BCUT2D eigenvalue weighted by Gasteiger charge is -2.14. The van der Waals surface area contributed by atoms with Crippen LogP contribution in [-0.4, -0.2) is 13.5 Å². The minimum atomic E-state index is -1.76. The van der Waals surface area contributed by atoms with Gasteiger partial charge in [-0.1, -0.05) is 49.4 Å². The van der Waals surface area contributed by atoms with Crippen molar-refractivity contribution < 1.29 is 4.79 Å². The molecule has 0 amide bonds. The fourth-order valence-electron chi connectivity index (χ4n) is 1.05. The van der Waals surface area contributed by atoms with Crippen molar-refractivity contribution in [3.63, 3.8) is 0 Å². The van der Waals surface area contributed by atoms with Crippen LogP contribution in [-0.2, 0) is 0 Å². The molecule has 0 aliphatic heterocycles. The molecule has 0 saturated carbocycles. The highest BCUT2D eigenvalue weighted by molar-refractivity contribution is 7.05. The van der Waals surface area contributed by atoms with E-state index < -0.39 is 8.07 Å². The summed E-state index contributed by atoms with van der Waals surface area (Å²) < 4.78 is 0. The van der Waals surface area contributed by atoms with Gasteiger partial charge in [0.05, 0.1) is 5.02 Å². The molecule has 0 spiro atoms. The van der Waals surface area contributed by atoms with Crippen molar-refractivity contribution in [2.75, 3.05) is 0 Å². The predicted molar refractivity (Wildman–Crippen MR) is 59.1 cm³/mol. The van der Waals surface area contributed by atoms with Gasteiger partial charge in [-0.2, -0.15) is 0 Å². The zero-order valence-corrected chi connectivity index (χ0v) is 9.85. The number of carbonyl (C=O) groups is 1. The highest BCUT2D eigenvalue weighted by Gasteiger charge is 2.26. The van der Waals surface area contributed by atoms with Gasteiger partial charge in [0, 0.05) is 5.56 Å². The highest BCUT2D eigenvalue weighted by Crippen LogP contribution is 2.19. The van der Waals surface area contributed by atoms with Crippen LogP contribution in [0.5, 0.6) is 0 Å². The van der Waals surface area contributed by atoms with Gasteiger partial charge in [0.15, 0.2) is 0 Å². The summed E-state index contributed by atoms with van der Waals surface area (Å²) in [5.41, 5.74) is 0.670. The van der Waals surface area contributed by atoms with Gasteiger partial charge in [-0.05, 0) is 6.07 Å². The molecule has 70 valence electrons. The Morgan fingerprint density at radius 1 is 1.23 bits per heavy atom. The van der Waals surface area contributed by atoms with Crippen molar-refractivity contribution >= 4 is 25.1 Å². The molecular formula is C10H13ClOSi. The van der Waals surface area contributed by atoms with Crippen LogP contribution in [0, 0.1) is 0 Å². The molecule has 13 heavy (non-hydrogen) atoms. The molecule has 0 unspecified atom stereocenters. The van der Waals surface area contributed by atoms with Gasteiger partial charge >= 0.3 is 0 Å². The van der Waals surface area contributed by atoms with Crippen LogP contribution in [0.2, 0.25) is 24.7 Å². The first kappa shape index (κ1) is 10.5. The van der Waals surface area contributed by atoms with Crippen molar-refractivity contribution in [1.29, 1.82) is 0 Å². The van der Waals surface area contributed by atoms with Gasteiger partial charge in [-0.15, -0.1) is 0 Å². The molecule has 0 atom stereocenters. The summed E-state index contributed by atoms with van der Waals surface area (Å²) in [6.07, 6.45) is 0. The van der Waals surface area contributed by atoms with Crippen LogP contribution in [0.4, 0.5) is 0 Å².